The number of rotatable bonds is 5. The van der Waals surface area contributed by atoms with Gasteiger partial charge in [-0.2, -0.15) is 5.10 Å². The number of carbonyl (C=O) groups is 1. The topological polar surface area (TPSA) is 50.7 Å². The highest BCUT2D eigenvalue weighted by molar-refractivity contribution is 9.10. The monoisotopic (exact) mass is 364 g/mol. The molecule has 1 amide bonds. The molecule has 0 aliphatic heterocycles. The maximum Gasteiger partial charge on any atom is 0.277 e. The van der Waals surface area contributed by atoms with Crippen LogP contribution >= 0.6 is 15.9 Å². The molecule has 2 rings (SSSR count). The Morgan fingerprint density at radius 2 is 2.18 bits per heavy atom. The first-order valence-electron chi connectivity index (χ1n) is 6.51. The lowest BCUT2D eigenvalue weighted by atomic mass is 10.2. The number of hydrogen-bond donors (Lipinski definition) is 1. The van der Waals surface area contributed by atoms with Gasteiger partial charge in [-0.3, -0.25) is 4.79 Å². The first-order chi connectivity index (χ1) is 10.5. The second kappa shape index (κ2) is 7.70. The number of aryl methyl sites for hydroxylation is 1. The van der Waals surface area contributed by atoms with Crippen molar-refractivity contribution in [1.82, 2.24) is 5.43 Å². The number of nitrogens with one attached hydrogen (secondary N) is 1. The van der Waals surface area contributed by atoms with Gasteiger partial charge in [0.15, 0.2) is 6.61 Å². The Labute approximate surface area is 136 Å². The Morgan fingerprint density at radius 1 is 1.36 bits per heavy atom. The Balaban J connectivity index is 1.83. The summed E-state index contributed by atoms with van der Waals surface area (Å²) in [5.74, 6) is -0.183. The first kappa shape index (κ1) is 16.2. The highest BCUT2D eigenvalue weighted by atomic mass is 79.9. The summed E-state index contributed by atoms with van der Waals surface area (Å²) in [6.45, 7) is 1.80. The molecule has 0 saturated heterocycles. The van der Waals surface area contributed by atoms with Crippen LogP contribution in [0.4, 0.5) is 4.39 Å². The molecule has 22 heavy (non-hydrogen) atoms. The maximum atomic E-state index is 13.0. The van der Waals surface area contributed by atoms with E-state index in [1.807, 2.05) is 19.1 Å². The second-order valence-corrected chi connectivity index (χ2v) is 5.43. The van der Waals surface area contributed by atoms with Crippen LogP contribution in [0.1, 0.15) is 11.1 Å². The van der Waals surface area contributed by atoms with Crippen molar-refractivity contribution in [2.75, 3.05) is 6.61 Å². The van der Waals surface area contributed by atoms with E-state index in [9.17, 15) is 9.18 Å². The Kier molecular flexibility index (Phi) is 5.66. The molecule has 114 valence electrons. The number of carbonyl (C=O) groups excluding carboxylic acids is 1. The SMILES string of the molecule is Cc1ccc(OCC(=O)N/N=C/c2cccc(F)c2)c(Br)c1. The standard InChI is InChI=1S/C16H14BrFN2O2/c1-11-5-6-15(14(17)7-11)22-10-16(21)20-19-9-12-3-2-4-13(18)8-12/h2-9H,10H2,1H3,(H,20,21)/b19-9+. The van der Waals surface area contributed by atoms with Gasteiger partial charge in [-0.25, -0.2) is 9.82 Å². The van der Waals surface area contributed by atoms with Gasteiger partial charge in [0.05, 0.1) is 10.7 Å². The zero-order valence-electron chi connectivity index (χ0n) is 11.8. The van der Waals surface area contributed by atoms with Crippen molar-refractivity contribution >= 4 is 28.1 Å². The minimum absolute atomic E-state index is 0.165. The highest BCUT2D eigenvalue weighted by Crippen LogP contribution is 2.25. The minimum Gasteiger partial charge on any atom is -0.483 e. The van der Waals surface area contributed by atoms with Crippen LogP contribution in [0.5, 0.6) is 5.75 Å². The number of benzene rings is 2. The summed E-state index contributed by atoms with van der Waals surface area (Å²) in [5, 5.41) is 3.75. The molecule has 0 bridgehead atoms. The first-order valence-corrected chi connectivity index (χ1v) is 7.30. The van der Waals surface area contributed by atoms with Crippen molar-refractivity contribution in [2.45, 2.75) is 6.92 Å². The van der Waals surface area contributed by atoms with Gasteiger partial charge >= 0.3 is 0 Å². The normalized spacial score (nSPS) is 10.7. The molecular weight excluding hydrogens is 351 g/mol. The largest absolute Gasteiger partial charge is 0.483 e. The van der Waals surface area contributed by atoms with Crippen LogP contribution in [0.3, 0.4) is 0 Å². The molecule has 0 radical (unpaired) electrons. The number of ether oxygens (including phenoxy) is 1. The zero-order chi connectivity index (χ0) is 15.9. The van der Waals surface area contributed by atoms with E-state index in [1.165, 1.54) is 18.3 Å². The third kappa shape index (κ3) is 4.96. The summed E-state index contributed by atoms with van der Waals surface area (Å²) in [5.41, 5.74) is 3.96. The van der Waals surface area contributed by atoms with Crippen LogP contribution in [0.2, 0.25) is 0 Å². The Morgan fingerprint density at radius 3 is 2.91 bits per heavy atom. The van der Waals surface area contributed by atoms with Crippen LogP contribution in [0, 0.1) is 12.7 Å². The van der Waals surface area contributed by atoms with Gasteiger partial charge < -0.3 is 4.74 Å². The van der Waals surface area contributed by atoms with Gasteiger partial charge in [0.25, 0.3) is 5.91 Å². The Hall–Kier alpha value is -2.21. The molecule has 0 unspecified atom stereocenters. The zero-order valence-corrected chi connectivity index (χ0v) is 13.4. The predicted molar refractivity (Wildman–Crippen MR) is 86.5 cm³/mol. The van der Waals surface area contributed by atoms with Crippen LogP contribution in [0.25, 0.3) is 0 Å². The molecule has 0 atom stereocenters. The molecule has 6 heteroatoms. The van der Waals surface area contributed by atoms with Gasteiger partial charge in [-0.05, 0) is 58.2 Å². The van der Waals surface area contributed by atoms with Gasteiger partial charge in [0, 0.05) is 0 Å². The van der Waals surface area contributed by atoms with Crippen LogP contribution < -0.4 is 10.2 Å². The fourth-order valence-electron chi connectivity index (χ4n) is 1.66. The Bertz CT molecular complexity index is 704. The molecule has 0 aromatic heterocycles. The van der Waals surface area contributed by atoms with Gasteiger partial charge in [-0.1, -0.05) is 18.2 Å². The van der Waals surface area contributed by atoms with Crippen LogP contribution in [-0.4, -0.2) is 18.7 Å². The molecule has 0 aliphatic rings. The number of hydrazone groups is 1. The van der Waals surface area contributed by atoms with E-state index < -0.39 is 5.91 Å². The third-order valence-electron chi connectivity index (χ3n) is 2.70. The summed E-state index contributed by atoms with van der Waals surface area (Å²) in [7, 11) is 0. The van der Waals surface area contributed by atoms with E-state index in [0.29, 0.717) is 11.3 Å². The van der Waals surface area contributed by atoms with Gasteiger partial charge in [-0.15, -0.1) is 0 Å². The molecule has 0 spiro atoms. The predicted octanol–water partition coefficient (Wildman–Crippen LogP) is 3.43. The van der Waals surface area contributed by atoms with Crippen molar-refractivity contribution < 1.29 is 13.9 Å². The van der Waals surface area contributed by atoms with Gasteiger partial charge in [0.2, 0.25) is 0 Å². The van der Waals surface area contributed by atoms with Crippen LogP contribution in [-0.2, 0) is 4.79 Å². The lowest BCUT2D eigenvalue weighted by Crippen LogP contribution is -2.24. The van der Waals surface area contributed by atoms with Crippen molar-refractivity contribution in [3.05, 3.63) is 63.9 Å². The lowest BCUT2D eigenvalue weighted by Gasteiger charge is -2.07. The fourth-order valence-corrected chi connectivity index (χ4v) is 2.27. The molecule has 0 saturated carbocycles. The van der Waals surface area contributed by atoms with Crippen molar-refractivity contribution in [1.29, 1.82) is 0 Å². The average Bonchev–Trinajstić information content (AvgIpc) is 2.46. The van der Waals surface area contributed by atoms with Gasteiger partial charge in [0.1, 0.15) is 11.6 Å². The number of amides is 1. The average molecular weight is 365 g/mol. The molecular formula is C16H14BrFN2O2. The minimum atomic E-state index is -0.403. The summed E-state index contributed by atoms with van der Waals surface area (Å²) in [4.78, 5) is 11.6. The van der Waals surface area contributed by atoms with E-state index in [1.54, 1.807) is 18.2 Å². The summed E-state index contributed by atoms with van der Waals surface area (Å²) in [6.07, 6.45) is 1.36. The smallest absolute Gasteiger partial charge is 0.277 e. The highest BCUT2D eigenvalue weighted by Gasteiger charge is 2.05. The van der Waals surface area contributed by atoms with Crippen molar-refractivity contribution in [3.8, 4) is 5.75 Å². The fraction of sp³-hybridized carbons (Fsp3) is 0.125. The van der Waals surface area contributed by atoms with Crippen molar-refractivity contribution in [2.24, 2.45) is 5.10 Å². The molecule has 1 N–H and O–H groups in total. The number of nitrogens with zero attached hydrogens (tertiary/aromatic N) is 1. The summed E-state index contributed by atoms with van der Waals surface area (Å²) >= 11 is 3.37. The van der Waals surface area contributed by atoms with E-state index in [4.69, 9.17) is 4.74 Å². The molecule has 2 aromatic rings. The molecule has 0 heterocycles. The van der Waals surface area contributed by atoms with E-state index >= 15 is 0 Å². The summed E-state index contributed by atoms with van der Waals surface area (Å²) in [6, 6.07) is 11.5. The third-order valence-corrected chi connectivity index (χ3v) is 3.32. The number of hydrogen-bond acceptors (Lipinski definition) is 3. The van der Waals surface area contributed by atoms with Crippen LogP contribution in [0.15, 0.2) is 52.0 Å². The lowest BCUT2D eigenvalue weighted by molar-refractivity contribution is -0.123. The maximum absolute atomic E-state index is 13.0. The van der Waals surface area contributed by atoms with E-state index in [-0.39, 0.29) is 12.4 Å². The quantitative estimate of drug-likeness (QED) is 0.652. The molecule has 0 aliphatic carbocycles. The number of halogens is 2. The summed E-state index contributed by atoms with van der Waals surface area (Å²) < 4.78 is 19.1. The second-order valence-electron chi connectivity index (χ2n) is 4.57. The molecule has 4 nitrogen and oxygen atoms in total. The van der Waals surface area contributed by atoms with E-state index in [2.05, 4.69) is 26.5 Å². The molecule has 0 fully saturated rings. The molecule has 2 aromatic carbocycles. The van der Waals surface area contributed by atoms with Crippen molar-refractivity contribution in [3.63, 3.8) is 0 Å². The van der Waals surface area contributed by atoms with E-state index in [0.717, 1.165) is 10.0 Å².